The number of fused-ring (bicyclic) bond motifs is 3. The van der Waals surface area contributed by atoms with Crippen molar-refractivity contribution < 1.29 is 26.3 Å². The minimum Gasteiger partial charge on any atom is -0.303 e. The van der Waals surface area contributed by atoms with Crippen molar-refractivity contribution in [2.24, 2.45) is 10.9 Å². The molecule has 0 aromatic heterocycles. The van der Waals surface area contributed by atoms with Gasteiger partial charge in [0.2, 0.25) is 5.96 Å². The van der Waals surface area contributed by atoms with Crippen LogP contribution in [0.2, 0.25) is 10.0 Å². The van der Waals surface area contributed by atoms with Gasteiger partial charge in [0, 0.05) is 18.1 Å². The molecule has 2 unspecified atom stereocenters. The van der Waals surface area contributed by atoms with Gasteiger partial charge in [0.05, 0.1) is 34.7 Å². The standard InChI is InChI=1S/C24H22Cl2F6N4/c25-15-8-9-17(16(26)10-15)35-18-6-1-2-7-19(18)36-20(21(24(30,31)32)33-22(35)36)12-34(13-23(27,28)29)11-14-4-3-5-14/h1-2,6-10,14,20-21H,3-5,11-13H2. The van der Waals surface area contributed by atoms with Crippen molar-refractivity contribution in [1.29, 1.82) is 0 Å². The monoisotopic (exact) mass is 550 g/mol. The summed E-state index contributed by atoms with van der Waals surface area (Å²) in [6.07, 6.45) is -6.82. The van der Waals surface area contributed by atoms with Crippen molar-refractivity contribution in [1.82, 2.24) is 4.90 Å². The fraction of sp³-hybridized carbons (Fsp3) is 0.458. The first kappa shape index (κ1) is 25.5. The summed E-state index contributed by atoms with van der Waals surface area (Å²) in [5, 5.41) is 0.559. The Morgan fingerprint density at radius 3 is 2.19 bits per heavy atom. The van der Waals surface area contributed by atoms with E-state index in [1.807, 2.05) is 0 Å². The predicted molar refractivity (Wildman–Crippen MR) is 128 cm³/mol. The SMILES string of the molecule is FC(F)(F)CN(CC1CCC1)CC1C(C(F)(F)F)N=C2N(c3ccc(Cl)cc3Cl)c3ccccc3N21. The maximum absolute atomic E-state index is 14.2. The molecule has 2 aromatic carbocycles. The quantitative estimate of drug-likeness (QED) is 0.353. The highest BCUT2D eigenvalue weighted by Crippen LogP contribution is 2.49. The van der Waals surface area contributed by atoms with Gasteiger partial charge >= 0.3 is 12.4 Å². The lowest BCUT2D eigenvalue weighted by Gasteiger charge is -2.37. The third-order valence-electron chi connectivity index (χ3n) is 6.82. The number of hydrogen-bond acceptors (Lipinski definition) is 4. The molecule has 194 valence electrons. The smallest absolute Gasteiger partial charge is 0.303 e. The second-order valence-corrected chi connectivity index (χ2v) is 10.2. The molecule has 0 saturated heterocycles. The largest absolute Gasteiger partial charge is 0.412 e. The summed E-state index contributed by atoms with van der Waals surface area (Å²) in [6.45, 7) is -1.62. The van der Waals surface area contributed by atoms with E-state index < -0.39 is 37.5 Å². The lowest BCUT2D eigenvalue weighted by atomic mass is 9.85. The molecule has 0 bridgehead atoms. The zero-order valence-corrected chi connectivity index (χ0v) is 20.3. The molecule has 1 saturated carbocycles. The van der Waals surface area contributed by atoms with Gasteiger partial charge in [-0.2, -0.15) is 26.3 Å². The van der Waals surface area contributed by atoms with Crippen LogP contribution in [0.5, 0.6) is 0 Å². The van der Waals surface area contributed by atoms with Crippen LogP contribution < -0.4 is 9.80 Å². The van der Waals surface area contributed by atoms with Gasteiger partial charge in [-0.3, -0.25) is 9.80 Å². The summed E-state index contributed by atoms with van der Waals surface area (Å²) in [5.74, 6) is 0.0251. The molecule has 4 nitrogen and oxygen atoms in total. The third kappa shape index (κ3) is 4.87. The molecule has 2 atom stereocenters. The van der Waals surface area contributed by atoms with E-state index in [1.54, 1.807) is 36.4 Å². The molecule has 12 heteroatoms. The molecule has 1 aliphatic carbocycles. The van der Waals surface area contributed by atoms with E-state index in [9.17, 15) is 26.3 Å². The number of benzene rings is 2. The minimum absolute atomic E-state index is 0.0247. The van der Waals surface area contributed by atoms with Gasteiger partial charge in [-0.05, 0) is 49.1 Å². The summed E-state index contributed by atoms with van der Waals surface area (Å²) in [6, 6.07) is 7.78. The Hall–Kier alpha value is -2.17. The number of alkyl halides is 6. The van der Waals surface area contributed by atoms with Crippen LogP contribution in [0.25, 0.3) is 0 Å². The van der Waals surface area contributed by atoms with Crippen molar-refractivity contribution in [3.05, 3.63) is 52.5 Å². The summed E-state index contributed by atoms with van der Waals surface area (Å²) in [5.41, 5.74) is 1.33. The maximum atomic E-state index is 14.2. The number of para-hydroxylation sites is 2. The van der Waals surface area contributed by atoms with Gasteiger partial charge < -0.3 is 4.90 Å². The molecule has 0 amide bonds. The van der Waals surface area contributed by atoms with E-state index in [2.05, 4.69) is 4.99 Å². The summed E-state index contributed by atoms with van der Waals surface area (Å²) >= 11 is 12.4. The van der Waals surface area contributed by atoms with E-state index in [1.165, 1.54) is 15.9 Å². The van der Waals surface area contributed by atoms with Crippen molar-refractivity contribution in [3.63, 3.8) is 0 Å². The van der Waals surface area contributed by atoms with Crippen LogP contribution in [0.3, 0.4) is 0 Å². The predicted octanol–water partition coefficient (Wildman–Crippen LogP) is 7.29. The van der Waals surface area contributed by atoms with Crippen molar-refractivity contribution >= 4 is 46.2 Å². The van der Waals surface area contributed by atoms with Crippen molar-refractivity contribution in [3.8, 4) is 0 Å². The first-order valence-corrected chi connectivity index (χ1v) is 12.2. The number of rotatable bonds is 6. The summed E-state index contributed by atoms with van der Waals surface area (Å²) in [7, 11) is 0. The Balaban J connectivity index is 1.56. The van der Waals surface area contributed by atoms with Crippen molar-refractivity contribution in [2.75, 3.05) is 29.4 Å². The molecule has 0 radical (unpaired) electrons. The molecule has 0 N–H and O–H groups in total. The normalized spacial score (nSPS) is 22.1. The Morgan fingerprint density at radius 1 is 0.917 bits per heavy atom. The molecular formula is C24H22Cl2F6N4. The van der Waals surface area contributed by atoms with Gasteiger partial charge in [0.25, 0.3) is 0 Å². The molecule has 5 rings (SSSR count). The fourth-order valence-corrected chi connectivity index (χ4v) is 5.61. The number of aliphatic imine (C=N–C) groups is 1. The number of hydrogen-bond donors (Lipinski definition) is 0. The van der Waals surface area contributed by atoms with Crippen molar-refractivity contribution in [2.45, 2.75) is 43.7 Å². The third-order valence-corrected chi connectivity index (χ3v) is 7.36. The zero-order chi connectivity index (χ0) is 25.8. The topological polar surface area (TPSA) is 22.1 Å². The number of nitrogens with zero attached hydrogens (tertiary/aromatic N) is 4. The summed E-state index contributed by atoms with van der Waals surface area (Å²) in [4.78, 5) is 8.06. The van der Waals surface area contributed by atoms with E-state index in [0.29, 0.717) is 22.1 Å². The Morgan fingerprint density at radius 2 is 1.61 bits per heavy atom. The Labute approximate surface area is 214 Å². The van der Waals surface area contributed by atoms with E-state index >= 15 is 0 Å². The highest BCUT2D eigenvalue weighted by atomic mass is 35.5. The molecular weight excluding hydrogens is 529 g/mol. The van der Waals surface area contributed by atoms with Crippen LogP contribution in [0.4, 0.5) is 43.4 Å². The Kier molecular flexibility index (Phi) is 6.58. The highest BCUT2D eigenvalue weighted by Gasteiger charge is 2.56. The zero-order valence-electron chi connectivity index (χ0n) is 18.8. The molecule has 2 aromatic rings. The number of anilines is 3. The average Bonchev–Trinajstić information content (AvgIpc) is 3.25. The van der Waals surface area contributed by atoms with Gasteiger partial charge in [0.15, 0.2) is 6.04 Å². The molecule has 3 aliphatic rings. The molecule has 2 heterocycles. The lowest BCUT2D eigenvalue weighted by molar-refractivity contribution is -0.158. The van der Waals surface area contributed by atoms with Gasteiger partial charge in [0.1, 0.15) is 0 Å². The molecule has 1 fully saturated rings. The van der Waals surface area contributed by atoms with Gasteiger partial charge in [-0.25, -0.2) is 4.99 Å². The number of halogens is 8. The van der Waals surface area contributed by atoms with Crippen LogP contribution in [0, 0.1) is 5.92 Å². The first-order valence-electron chi connectivity index (χ1n) is 11.5. The second-order valence-electron chi connectivity index (χ2n) is 9.38. The van der Waals surface area contributed by atoms with E-state index in [0.717, 1.165) is 24.2 Å². The van der Waals surface area contributed by atoms with Gasteiger partial charge in [-0.15, -0.1) is 0 Å². The molecule has 36 heavy (non-hydrogen) atoms. The van der Waals surface area contributed by atoms with Crippen LogP contribution in [-0.4, -0.2) is 54.9 Å². The molecule has 0 spiro atoms. The summed E-state index contributed by atoms with van der Waals surface area (Å²) < 4.78 is 83.0. The van der Waals surface area contributed by atoms with Crippen LogP contribution in [0.1, 0.15) is 19.3 Å². The lowest BCUT2D eigenvalue weighted by Crippen LogP contribution is -2.53. The molecule has 2 aliphatic heterocycles. The second kappa shape index (κ2) is 9.29. The first-order chi connectivity index (χ1) is 16.9. The highest BCUT2D eigenvalue weighted by molar-refractivity contribution is 6.38. The number of guanidine groups is 1. The maximum Gasteiger partial charge on any atom is 0.412 e. The van der Waals surface area contributed by atoms with E-state index in [-0.39, 0.29) is 23.4 Å². The van der Waals surface area contributed by atoms with Gasteiger partial charge in [-0.1, -0.05) is 41.8 Å². The van der Waals surface area contributed by atoms with Crippen LogP contribution >= 0.6 is 23.2 Å². The van der Waals surface area contributed by atoms with Crippen LogP contribution in [-0.2, 0) is 0 Å². The fourth-order valence-electron chi connectivity index (χ4n) is 5.11. The van der Waals surface area contributed by atoms with E-state index in [4.69, 9.17) is 23.2 Å². The minimum atomic E-state index is -4.76. The average molecular weight is 551 g/mol. The van der Waals surface area contributed by atoms with Crippen LogP contribution in [0.15, 0.2) is 47.5 Å². The Bertz CT molecular complexity index is 1160.